The second kappa shape index (κ2) is 9.36. The van der Waals surface area contributed by atoms with Crippen LogP contribution in [0, 0.1) is 12.3 Å². The van der Waals surface area contributed by atoms with Gasteiger partial charge in [0.25, 0.3) is 0 Å². The zero-order chi connectivity index (χ0) is 18.2. The molecule has 133 valence electrons. The number of aliphatic hydroxyl groups excluding tert-OH is 1. The van der Waals surface area contributed by atoms with Crippen LogP contribution in [0.25, 0.3) is 0 Å². The SMILES string of the molecule is CC(O)(CC[C@H](C[C@@H](O)[CH]Cc1ccccc1)C(=O)NO)C(N)=O. The molecule has 0 saturated carbocycles. The summed E-state index contributed by atoms with van der Waals surface area (Å²) < 4.78 is 0. The van der Waals surface area contributed by atoms with Gasteiger partial charge in [-0.25, -0.2) is 5.48 Å². The van der Waals surface area contributed by atoms with Crippen molar-refractivity contribution in [3.05, 3.63) is 42.3 Å². The average Bonchev–Trinajstić information content (AvgIpc) is 2.56. The van der Waals surface area contributed by atoms with Crippen LogP contribution in [0.2, 0.25) is 0 Å². The van der Waals surface area contributed by atoms with Gasteiger partial charge in [-0.3, -0.25) is 14.8 Å². The summed E-state index contributed by atoms with van der Waals surface area (Å²) in [6.07, 6.45) is 1.44. The molecule has 1 aromatic rings. The zero-order valence-electron chi connectivity index (χ0n) is 13.7. The average molecular weight is 337 g/mol. The van der Waals surface area contributed by atoms with Crippen LogP contribution in [0.5, 0.6) is 0 Å². The standard InChI is InChI=1S/C17H25N2O5/c1-17(23,16(18)22)10-9-13(15(21)19-24)11-14(20)8-7-12-5-3-2-4-6-12/h2-6,8,13-14,20,23-24H,7,9-11H2,1H3,(H2,18,22)(H,19,21)/t13-,14+,17?/m1/s1. The van der Waals surface area contributed by atoms with Crippen molar-refractivity contribution >= 4 is 11.8 Å². The first-order chi connectivity index (χ1) is 11.3. The summed E-state index contributed by atoms with van der Waals surface area (Å²) in [5.74, 6) is -2.33. The van der Waals surface area contributed by atoms with Crippen LogP contribution in [-0.4, -0.2) is 38.9 Å². The first-order valence-electron chi connectivity index (χ1n) is 7.78. The molecule has 1 rings (SSSR count). The predicted octanol–water partition coefficient (Wildman–Crippen LogP) is 0.322. The van der Waals surface area contributed by atoms with Gasteiger partial charge in [-0.15, -0.1) is 0 Å². The molecule has 0 aromatic heterocycles. The molecule has 0 aliphatic rings. The van der Waals surface area contributed by atoms with Gasteiger partial charge in [0.05, 0.1) is 6.10 Å². The van der Waals surface area contributed by atoms with E-state index in [1.807, 2.05) is 30.3 Å². The van der Waals surface area contributed by atoms with E-state index < -0.39 is 29.4 Å². The summed E-state index contributed by atoms with van der Waals surface area (Å²) in [5.41, 5.74) is 5.91. The van der Waals surface area contributed by atoms with Gasteiger partial charge in [0.15, 0.2) is 0 Å². The molecule has 1 unspecified atom stereocenters. The van der Waals surface area contributed by atoms with Crippen molar-refractivity contribution < 1.29 is 25.0 Å². The van der Waals surface area contributed by atoms with Crippen LogP contribution in [-0.2, 0) is 16.0 Å². The molecule has 7 heteroatoms. The number of hydrogen-bond donors (Lipinski definition) is 5. The number of hydrogen-bond acceptors (Lipinski definition) is 5. The van der Waals surface area contributed by atoms with E-state index in [0.717, 1.165) is 5.56 Å². The van der Waals surface area contributed by atoms with Crippen LogP contribution in [0.1, 0.15) is 31.7 Å². The molecule has 0 spiro atoms. The van der Waals surface area contributed by atoms with Crippen molar-refractivity contribution in [1.82, 2.24) is 5.48 Å². The van der Waals surface area contributed by atoms with E-state index in [9.17, 15) is 19.8 Å². The number of primary amides is 1. The smallest absolute Gasteiger partial charge is 0.249 e. The molecule has 7 nitrogen and oxygen atoms in total. The molecular formula is C17H25N2O5. The third-order valence-electron chi connectivity index (χ3n) is 3.99. The van der Waals surface area contributed by atoms with E-state index in [2.05, 4.69) is 0 Å². The molecule has 0 aliphatic heterocycles. The summed E-state index contributed by atoms with van der Waals surface area (Å²) in [6, 6.07) is 9.52. The third-order valence-corrected chi connectivity index (χ3v) is 3.99. The number of carbonyl (C=O) groups is 2. The fraction of sp³-hybridized carbons (Fsp3) is 0.471. The number of amides is 2. The molecular weight excluding hydrogens is 312 g/mol. The van der Waals surface area contributed by atoms with E-state index in [-0.39, 0.29) is 19.3 Å². The van der Waals surface area contributed by atoms with Crippen molar-refractivity contribution in [2.75, 3.05) is 0 Å². The van der Waals surface area contributed by atoms with Crippen LogP contribution in [0.4, 0.5) is 0 Å². The lowest BCUT2D eigenvalue weighted by atomic mass is 9.88. The Bertz CT molecular complexity index is 533. The molecule has 0 fully saturated rings. The Morgan fingerprint density at radius 2 is 1.96 bits per heavy atom. The maximum Gasteiger partial charge on any atom is 0.249 e. The lowest BCUT2D eigenvalue weighted by molar-refractivity contribution is -0.138. The highest BCUT2D eigenvalue weighted by Gasteiger charge is 2.31. The van der Waals surface area contributed by atoms with Crippen molar-refractivity contribution in [3.63, 3.8) is 0 Å². The lowest BCUT2D eigenvalue weighted by Crippen LogP contribution is -2.42. The van der Waals surface area contributed by atoms with Crippen molar-refractivity contribution in [1.29, 1.82) is 0 Å². The van der Waals surface area contributed by atoms with Gasteiger partial charge >= 0.3 is 0 Å². The van der Waals surface area contributed by atoms with Crippen LogP contribution >= 0.6 is 0 Å². The number of aliphatic hydroxyl groups is 2. The number of rotatable bonds is 10. The minimum atomic E-state index is -1.74. The largest absolute Gasteiger partial charge is 0.393 e. The molecule has 3 atom stereocenters. The highest BCUT2D eigenvalue weighted by molar-refractivity contribution is 5.82. The zero-order valence-corrected chi connectivity index (χ0v) is 13.7. The van der Waals surface area contributed by atoms with Crippen molar-refractivity contribution in [3.8, 4) is 0 Å². The summed E-state index contributed by atoms with van der Waals surface area (Å²) in [5, 5.41) is 28.8. The quantitative estimate of drug-likeness (QED) is 0.310. The number of nitrogens with two attached hydrogens (primary N) is 1. The summed E-state index contributed by atoms with van der Waals surface area (Å²) in [4.78, 5) is 22.8. The van der Waals surface area contributed by atoms with Crippen LogP contribution < -0.4 is 11.2 Å². The maximum atomic E-state index is 11.7. The normalized spacial score (nSPS) is 16.0. The Morgan fingerprint density at radius 1 is 1.33 bits per heavy atom. The first-order valence-corrected chi connectivity index (χ1v) is 7.78. The van der Waals surface area contributed by atoms with Crippen molar-refractivity contribution in [2.24, 2.45) is 11.7 Å². The fourth-order valence-electron chi connectivity index (χ4n) is 2.30. The van der Waals surface area contributed by atoms with Gasteiger partial charge in [-0.2, -0.15) is 0 Å². The van der Waals surface area contributed by atoms with Crippen LogP contribution in [0.3, 0.4) is 0 Å². The fourth-order valence-corrected chi connectivity index (χ4v) is 2.30. The highest BCUT2D eigenvalue weighted by atomic mass is 16.5. The Labute approximate surface area is 141 Å². The van der Waals surface area contributed by atoms with Gasteiger partial charge < -0.3 is 15.9 Å². The summed E-state index contributed by atoms with van der Waals surface area (Å²) >= 11 is 0. The third kappa shape index (κ3) is 6.66. The molecule has 0 heterocycles. The van der Waals surface area contributed by atoms with Gasteiger partial charge in [-0.05, 0) is 44.6 Å². The Morgan fingerprint density at radius 3 is 2.50 bits per heavy atom. The second-order valence-electron chi connectivity index (χ2n) is 6.08. The molecule has 1 aromatic carbocycles. The first kappa shape index (κ1) is 20.1. The van der Waals surface area contributed by atoms with Gasteiger partial charge in [0.1, 0.15) is 5.60 Å². The van der Waals surface area contributed by atoms with E-state index in [1.165, 1.54) is 6.92 Å². The molecule has 2 amide bonds. The van der Waals surface area contributed by atoms with E-state index in [4.69, 9.17) is 10.9 Å². The van der Waals surface area contributed by atoms with E-state index in [0.29, 0.717) is 6.42 Å². The molecule has 0 saturated heterocycles. The number of hydroxylamine groups is 1. The van der Waals surface area contributed by atoms with E-state index >= 15 is 0 Å². The molecule has 6 N–H and O–H groups in total. The molecule has 1 radical (unpaired) electrons. The van der Waals surface area contributed by atoms with Gasteiger partial charge in [0.2, 0.25) is 11.8 Å². The van der Waals surface area contributed by atoms with Crippen LogP contribution in [0.15, 0.2) is 30.3 Å². The molecule has 0 bridgehead atoms. The predicted molar refractivity (Wildman–Crippen MR) is 87.5 cm³/mol. The topological polar surface area (TPSA) is 133 Å². The number of nitrogens with one attached hydrogen (secondary N) is 1. The number of benzene rings is 1. The van der Waals surface area contributed by atoms with Gasteiger partial charge in [0, 0.05) is 5.92 Å². The van der Waals surface area contributed by atoms with E-state index in [1.54, 1.807) is 11.9 Å². The molecule has 0 aliphatic carbocycles. The number of carbonyl (C=O) groups excluding carboxylic acids is 2. The van der Waals surface area contributed by atoms with Gasteiger partial charge in [-0.1, -0.05) is 30.3 Å². The minimum Gasteiger partial charge on any atom is -0.393 e. The summed E-state index contributed by atoms with van der Waals surface area (Å²) in [7, 11) is 0. The maximum absolute atomic E-state index is 11.7. The molecule has 24 heavy (non-hydrogen) atoms. The monoisotopic (exact) mass is 337 g/mol. The summed E-state index contributed by atoms with van der Waals surface area (Å²) in [6.45, 7) is 1.27. The lowest BCUT2D eigenvalue weighted by Gasteiger charge is -2.23. The Balaban J connectivity index is 2.55. The Kier molecular flexibility index (Phi) is 7.84. The second-order valence-corrected chi connectivity index (χ2v) is 6.08. The Hall–Kier alpha value is -1.96. The van der Waals surface area contributed by atoms with Crippen molar-refractivity contribution in [2.45, 2.75) is 44.3 Å². The highest BCUT2D eigenvalue weighted by Crippen LogP contribution is 2.21. The minimum absolute atomic E-state index is 0.0498.